The molecule has 0 aromatic carbocycles. The number of carbonyl (C=O) groups excluding carboxylic acids is 2. The summed E-state index contributed by atoms with van der Waals surface area (Å²) < 4.78 is 15.1. The lowest BCUT2D eigenvalue weighted by atomic mass is 10.5. The fourth-order valence-electron chi connectivity index (χ4n) is 1.66. The molecule has 10 heteroatoms. The van der Waals surface area contributed by atoms with E-state index in [1.54, 1.807) is 0 Å². The first-order valence-electron chi connectivity index (χ1n) is 6.08. The Hall–Kier alpha value is -1.13. The molecule has 2 heterocycles. The van der Waals surface area contributed by atoms with Crippen LogP contribution in [0, 0.1) is 0 Å². The van der Waals surface area contributed by atoms with Crippen LogP contribution in [0.25, 0.3) is 0 Å². The third-order valence-electron chi connectivity index (χ3n) is 2.67. The van der Waals surface area contributed by atoms with E-state index in [0.717, 1.165) is 9.24 Å². The number of aromatic nitrogens is 1. The number of nitrogens with zero attached hydrogens (tertiary/aromatic N) is 2. The highest BCUT2D eigenvalue weighted by molar-refractivity contribution is 8.01. The van der Waals surface area contributed by atoms with Crippen LogP contribution in [0.1, 0.15) is 0 Å². The lowest BCUT2D eigenvalue weighted by Gasteiger charge is -2.13. The van der Waals surface area contributed by atoms with Gasteiger partial charge in [-0.1, -0.05) is 0 Å². The van der Waals surface area contributed by atoms with Crippen LogP contribution in [0.15, 0.2) is 9.24 Å². The van der Waals surface area contributed by atoms with Gasteiger partial charge in [-0.15, -0.1) is 23.5 Å². The Morgan fingerprint density at radius 2 is 2.33 bits per heavy atom. The van der Waals surface area contributed by atoms with Gasteiger partial charge in [-0.3, -0.25) is 5.32 Å². The summed E-state index contributed by atoms with van der Waals surface area (Å²) in [7, 11) is 0. The molecule has 0 atom stereocenters. The van der Waals surface area contributed by atoms with Crippen molar-refractivity contribution in [1.82, 2.24) is 9.27 Å². The first-order valence-corrected chi connectivity index (χ1v) is 9.31. The Morgan fingerprint density at radius 1 is 1.52 bits per heavy atom. The summed E-state index contributed by atoms with van der Waals surface area (Å²) in [5.41, 5.74) is 0.686. The van der Waals surface area contributed by atoms with Gasteiger partial charge in [-0.25, -0.2) is 9.59 Å². The molecular weight excluding hydrogens is 334 g/mol. The summed E-state index contributed by atoms with van der Waals surface area (Å²) in [5, 5.41) is 3.48. The first-order chi connectivity index (χ1) is 10.2. The lowest BCUT2D eigenvalue weighted by molar-refractivity contribution is 0.135. The highest BCUT2D eigenvalue weighted by atomic mass is 32.2. The van der Waals surface area contributed by atoms with E-state index in [1.165, 1.54) is 40.0 Å². The van der Waals surface area contributed by atoms with Crippen LogP contribution in [-0.2, 0) is 9.47 Å². The van der Waals surface area contributed by atoms with Gasteiger partial charge in [0, 0.05) is 0 Å². The minimum Gasteiger partial charge on any atom is -0.448 e. The Balaban J connectivity index is 1.81. The van der Waals surface area contributed by atoms with Crippen molar-refractivity contribution in [1.29, 1.82) is 0 Å². The van der Waals surface area contributed by atoms with Crippen molar-refractivity contribution in [3.63, 3.8) is 0 Å². The molecule has 0 aliphatic carbocycles. The molecule has 21 heavy (non-hydrogen) atoms. The van der Waals surface area contributed by atoms with Gasteiger partial charge in [0.05, 0.1) is 13.1 Å². The van der Waals surface area contributed by atoms with Crippen LogP contribution < -0.4 is 5.32 Å². The number of nitrogens with one attached hydrogen (secondary N) is 1. The van der Waals surface area contributed by atoms with Crippen molar-refractivity contribution in [3.05, 3.63) is 0 Å². The third kappa shape index (κ3) is 4.17. The highest BCUT2D eigenvalue weighted by Crippen LogP contribution is 2.37. The van der Waals surface area contributed by atoms with Gasteiger partial charge in [-0.05, 0) is 24.0 Å². The Bertz CT molecular complexity index is 501. The molecule has 2 amide bonds. The van der Waals surface area contributed by atoms with Gasteiger partial charge in [0.15, 0.2) is 0 Å². The van der Waals surface area contributed by atoms with E-state index in [2.05, 4.69) is 9.69 Å². The molecule has 1 aromatic heterocycles. The maximum Gasteiger partial charge on any atom is 0.411 e. The van der Waals surface area contributed by atoms with Gasteiger partial charge in [0.1, 0.15) is 28.1 Å². The van der Waals surface area contributed by atoms with Crippen molar-refractivity contribution in [2.24, 2.45) is 0 Å². The van der Waals surface area contributed by atoms with Gasteiger partial charge >= 0.3 is 12.2 Å². The maximum atomic E-state index is 11.8. The van der Waals surface area contributed by atoms with E-state index in [1.807, 2.05) is 12.5 Å². The standard InChI is InChI=1S/C11H15N3O4S3/c1-19-8-7(9(20-2)21-13-8)12-10(15)17-5-3-14-4-6-18-11(14)16/h3-6H2,1-2H3,(H,12,15). The summed E-state index contributed by atoms with van der Waals surface area (Å²) in [5.74, 6) is 0. The minimum absolute atomic E-state index is 0.127. The number of hydrogen-bond acceptors (Lipinski definition) is 8. The second-order valence-corrected chi connectivity index (χ2v) is 6.56. The van der Waals surface area contributed by atoms with Crippen LogP contribution >= 0.6 is 35.1 Å². The van der Waals surface area contributed by atoms with E-state index >= 15 is 0 Å². The molecule has 0 radical (unpaired) electrons. The van der Waals surface area contributed by atoms with E-state index < -0.39 is 6.09 Å². The van der Waals surface area contributed by atoms with Crippen molar-refractivity contribution in [2.45, 2.75) is 9.24 Å². The number of cyclic esters (lactones) is 1. The molecular formula is C11H15N3O4S3. The predicted molar refractivity (Wildman–Crippen MR) is 83.6 cm³/mol. The van der Waals surface area contributed by atoms with Gasteiger partial charge in [0.2, 0.25) is 0 Å². The molecule has 1 fully saturated rings. The molecule has 0 spiro atoms. The smallest absolute Gasteiger partial charge is 0.411 e. The summed E-state index contributed by atoms with van der Waals surface area (Å²) in [6.07, 6.45) is 2.91. The molecule has 1 saturated heterocycles. The van der Waals surface area contributed by atoms with Crippen LogP contribution in [0.3, 0.4) is 0 Å². The zero-order valence-corrected chi connectivity index (χ0v) is 14.0. The second-order valence-electron chi connectivity index (χ2n) is 3.92. The van der Waals surface area contributed by atoms with E-state index in [9.17, 15) is 9.59 Å². The first kappa shape index (κ1) is 16.2. The van der Waals surface area contributed by atoms with Gasteiger partial charge < -0.3 is 14.4 Å². The minimum atomic E-state index is -0.548. The molecule has 2 rings (SSSR count). The highest BCUT2D eigenvalue weighted by Gasteiger charge is 2.22. The molecule has 1 aromatic rings. The fourth-order valence-corrected chi connectivity index (χ4v) is 3.81. The van der Waals surface area contributed by atoms with Crippen molar-refractivity contribution < 1.29 is 19.1 Å². The van der Waals surface area contributed by atoms with Crippen LogP contribution in [0.5, 0.6) is 0 Å². The monoisotopic (exact) mass is 349 g/mol. The Labute approximate surface area is 134 Å². The molecule has 7 nitrogen and oxygen atoms in total. The predicted octanol–water partition coefficient (Wildman–Crippen LogP) is 2.59. The van der Waals surface area contributed by atoms with Crippen LogP contribution in [-0.4, -0.2) is 60.3 Å². The quantitative estimate of drug-likeness (QED) is 0.791. The fraction of sp³-hybridized carbons (Fsp3) is 0.545. The molecule has 1 aliphatic heterocycles. The average Bonchev–Trinajstić information content (AvgIpc) is 3.05. The number of hydrogen-bond donors (Lipinski definition) is 1. The zero-order chi connectivity index (χ0) is 15.2. The zero-order valence-electron chi connectivity index (χ0n) is 11.6. The normalized spacial score (nSPS) is 14.2. The number of ether oxygens (including phenoxy) is 2. The number of rotatable bonds is 6. The molecule has 0 bridgehead atoms. The summed E-state index contributed by atoms with van der Waals surface area (Å²) in [4.78, 5) is 24.5. The Kier molecular flexibility index (Phi) is 6.00. The van der Waals surface area contributed by atoms with Crippen molar-refractivity contribution >= 4 is 52.9 Å². The van der Waals surface area contributed by atoms with Crippen LogP contribution in [0.4, 0.5) is 15.3 Å². The van der Waals surface area contributed by atoms with Crippen molar-refractivity contribution in [3.8, 4) is 0 Å². The maximum absolute atomic E-state index is 11.8. The second kappa shape index (κ2) is 7.76. The number of carbonyl (C=O) groups is 2. The van der Waals surface area contributed by atoms with E-state index in [4.69, 9.17) is 9.47 Å². The van der Waals surface area contributed by atoms with Crippen molar-refractivity contribution in [2.75, 3.05) is 44.1 Å². The molecule has 0 saturated carbocycles. The SMILES string of the molecule is CSc1nsc(SC)c1NC(=O)OCCN1CCOC1=O. The number of thioether (sulfide) groups is 2. The molecule has 0 unspecified atom stereocenters. The largest absolute Gasteiger partial charge is 0.448 e. The van der Waals surface area contributed by atoms with E-state index in [0.29, 0.717) is 25.4 Å². The topological polar surface area (TPSA) is 80.8 Å². The van der Waals surface area contributed by atoms with Crippen LogP contribution in [0.2, 0.25) is 0 Å². The summed E-state index contributed by atoms with van der Waals surface area (Å²) >= 11 is 4.33. The average molecular weight is 349 g/mol. The summed E-state index contributed by atoms with van der Waals surface area (Å²) in [6, 6.07) is 0. The van der Waals surface area contributed by atoms with Gasteiger partial charge in [-0.2, -0.15) is 4.37 Å². The number of anilines is 1. The number of amides is 2. The molecule has 1 N–H and O–H groups in total. The van der Waals surface area contributed by atoms with Gasteiger partial charge in [0.25, 0.3) is 0 Å². The van der Waals surface area contributed by atoms with E-state index in [-0.39, 0.29) is 12.7 Å². The molecule has 1 aliphatic rings. The third-order valence-corrected chi connectivity index (χ3v) is 5.41. The Morgan fingerprint density at radius 3 is 2.95 bits per heavy atom. The lowest BCUT2D eigenvalue weighted by Crippen LogP contribution is -2.29. The molecule has 116 valence electrons. The summed E-state index contributed by atoms with van der Waals surface area (Å²) in [6.45, 7) is 1.38.